The Labute approximate surface area is 163 Å². The summed E-state index contributed by atoms with van der Waals surface area (Å²) in [4.78, 5) is 20.2. The van der Waals surface area contributed by atoms with Crippen molar-refractivity contribution in [1.82, 2.24) is 14.3 Å². The van der Waals surface area contributed by atoms with Crippen LogP contribution in [-0.4, -0.2) is 26.7 Å². The molecule has 0 spiro atoms. The maximum absolute atomic E-state index is 14.0. The standard InChI is InChI=1S/C21H15F2N3OS/c22-15-4-1-13(2-5-15)20-16-11-18(23)28-17(16)7-9-26(20)21(27)14-3-6-19-24-8-10-25(19)12-14/h1-6,8,10-12,20H,7,9H2. The van der Waals surface area contributed by atoms with Crippen molar-refractivity contribution in [2.75, 3.05) is 6.54 Å². The molecule has 1 amide bonds. The molecular formula is C21H15F2N3OS. The highest BCUT2D eigenvalue weighted by Crippen LogP contribution is 2.39. The van der Waals surface area contributed by atoms with E-state index >= 15 is 0 Å². The third-order valence-corrected chi connectivity index (χ3v) is 6.08. The Bertz CT molecular complexity index is 1180. The first kappa shape index (κ1) is 17.1. The first-order valence-corrected chi connectivity index (χ1v) is 9.69. The van der Waals surface area contributed by atoms with E-state index < -0.39 is 6.04 Å². The van der Waals surface area contributed by atoms with Crippen molar-refractivity contribution in [3.63, 3.8) is 0 Å². The zero-order chi connectivity index (χ0) is 19.3. The number of halogens is 2. The molecule has 4 heterocycles. The van der Waals surface area contributed by atoms with Crippen LogP contribution < -0.4 is 0 Å². The first-order valence-electron chi connectivity index (χ1n) is 8.87. The minimum Gasteiger partial charge on any atom is -0.327 e. The van der Waals surface area contributed by atoms with Crippen molar-refractivity contribution < 1.29 is 13.6 Å². The number of nitrogens with zero attached hydrogens (tertiary/aromatic N) is 3. The number of hydrogen-bond donors (Lipinski definition) is 0. The lowest BCUT2D eigenvalue weighted by Crippen LogP contribution is -2.40. The number of thiophene rings is 1. The van der Waals surface area contributed by atoms with E-state index in [1.165, 1.54) is 18.2 Å². The van der Waals surface area contributed by atoms with Gasteiger partial charge < -0.3 is 9.30 Å². The van der Waals surface area contributed by atoms with Crippen molar-refractivity contribution >= 4 is 22.9 Å². The molecule has 0 bridgehead atoms. The first-order chi connectivity index (χ1) is 13.6. The molecular weight excluding hydrogens is 380 g/mol. The van der Waals surface area contributed by atoms with Gasteiger partial charge in [-0.15, -0.1) is 11.3 Å². The number of pyridine rings is 1. The molecule has 1 aromatic carbocycles. The Morgan fingerprint density at radius 2 is 1.96 bits per heavy atom. The van der Waals surface area contributed by atoms with Gasteiger partial charge in [-0.3, -0.25) is 4.79 Å². The van der Waals surface area contributed by atoms with Crippen molar-refractivity contribution in [2.24, 2.45) is 0 Å². The normalized spacial score (nSPS) is 16.4. The Morgan fingerprint density at radius 1 is 1.14 bits per heavy atom. The molecule has 4 aromatic rings. The smallest absolute Gasteiger partial charge is 0.256 e. The van der Waals surface area contributed by atoms with Gasteiger partial charge in [0.05, 0.1) is 11.6 Å². The van der Waals surface area contributed by atoms with Crippen LogP contribution in [0.25, 0.3) is 5.65 Å². The topological polar surface area (TPSA) is 37.6 Å². The molecule has 1 aliphatic heterocycles. The summed E-state index contributed by atoms with van der Waals surface area (Å²) in [5, 5.41) is -0.272. The highest BCUT2D eigenvalue weighted by molar-refractivity contribution is 7.10. The largest absolute Gasteiger partial charge is 0.327 e. The molecule has 0 N–H and O–H groups in total. The van der Waals surface area contributed by atoms with E-state index in [9.17, 15) is 13.6 Å². The third-order valence-electron chi connectivity index (χ3n) is 5.08. The SMILES string of the molecule is O=C(c1ccc2nccn2c1)N1CCc2sc(F)cc2C1c1ccc(F)cc1. The van der Waals surface area contributed by atoms with Gasteiger partial charge in [0.2, 0.25) is 0 Å². The summed E-state index contributed by atoms with van der Waals surface area (Å²) in [6.45, 7) is 0.468. The van der Waals surface area contributed by atoms with E-state index in [2.05, 4.69) is 4.98 Å². The van der Waals surface area contributed by atoms with Crippen LogP contribution in [0.4, 0.5) is 8.78 Å². The number of imidazole rings is 1. The van der Waals surface area contributed by atoms with Crippen LogP contribution in [-0.2, 0) is 6.42 Å². The second-order valence-corrected chi connectivity index (χ2v) is 7.83. The minimum atomic E-state index is -0.448. The summed E-state index contributed by atoms with van der Waals surface area (Å²) < 4.78 is 29.2. The quantitative estimate of drug-likeness (QED) is 0.503. The van der Waals surface area contributed by atoms with Crippen LogP contribution in [0.2, 0.25) is 0 Å². The van der Waals surface area contributed by atoms with Crippen LogP contribution in [0.15, 0.2) is 61.1 Å². The Balaban J connectivity index is 1.59. The fourth-order valence-electron chi connectivity index (χ4n) is 3.79. The predicted octanol–water partition coefficient (Wildman–Crippen LogP) is 4.46. The fourth-order valence-corrected chi connectivity index (χ4v) is 4.69. The van der Waals surface area contributed by atoms with E-state index in [1.807, 2.05) is 0 Å². The lowest BCUT2D eigenvalue weighted by atomic mass is 9.92. The van der Waals surface area contributed by atoms with E-state index in [1.54, 1.807) is 52.2 Å². The number of hydrogen-bond acceptors (Lipinski definition) is 3. The maximum atomic E-state index is 14.0. The second-order valence-electron chi connectivity index (χ2n) is 6.74. The molecule has 1 unspecified atom stereocenters. The lowest BCUT2D eigenvalue weighted by molar-refractivity contribution is 0.0695. The molecule has 0 radical (unpaired) electrons. The van der Waals surface area contributed by atoms with E-state index in [0.717, 1.165) is 33.0 Å². The van der Waals surface area contributed by atoms with Gasteiger partial charge in [-0.2, -0.15) is 4.39 Å². The summed E-state index contributed by atoms with van der Waals surface area (Å²) in [5.74, 6) is -0.498. The number of amides is 1. The maximum Gasteiger partial charge on any atom is 0.256 e. The van der Waals surface area contributed by atoms with E-state index in [4.69, 9.17) is 0 Å². The van der Waals surface area contributed by atoms with Crippen LogP contribution in [0.3, 0.4) is 0 Å². The zero-order valence-corrected chi connectivity index (χ0v) is 15.5. The molecule has 140 valence electrons. The van der Waals surface area contributed by atoms with Crippen molar-refractivity contribution in [3.05, 3.63) is 93.6 Å². The van der Waals surface area contributed by atoms with Crippen LogP contribution in [0.5, 0.6) is 0 Å². The van der Waals surface area contributed by atoms with Crippen molar-refractivity contribution in [2.45, 2.75) is 12.5 Å². The summed E-state index contributed by atoms with van der Waals surface area (Å²) in [5.41, 5.74) is 2.82. The summed E-state index contributed by atoms with van der Waals surface area (Å²) in [6.07, 6.45) is 5.80. The zero-order valence-electron chi connectivity index (χ0n) is 14.7. The van der Waals surface area contributed by atoms with Gasteiger partial charge in [0, 0.05) is 30.0 Å². The van der Waals surface area contributed by atoms with Gasteiger partial charge >= 0.3 is 0 Å². The van der Waals surface area contributed by atoms with Gasteiger partial charge in [0.25, 0.3) is 5.91 Å². The van der Waals surface area contributed by atoms with Crippen molar-refractivity contribution in [1.29, 1.82) is 0 Å². The molecule has 0 saturated carbocycles. The van der Waals surface area contributed by atoms with Gasteiger partial charge in [0.1, 0.15) is 11.5 Å². The Kier molecular flexibility index (Phi) is 3.98. The van der Waals surface area contributed by atoms with Gasteiger partial charge in [-0.1, -0.05) is 12.1 Å². The lowest BCUT2D eigenvalue weighted by Gasteiger charge is -2.36. The summed E-state index contributed by atoms with van der Waals surface area (Å²) >= 11 is 1.11. The summed E-state index contributed by atoms with van der Waals surface area (Å²) in [7, 11) is 0. The second kappa shape index (κ2) is 6.53. The molecule has 0 saturated heterocycles. The van der Waals surface area contributed by atoms with Crippen LogP contribution in [0.1, 0.15) is 32.4 Å². The average Bonchev–Trinajstić information content (AvgIpc) is 3.32. The Morgan fingerprint density at radius 3 is 2.79 bits per heavy atom. The number of carbonyl (C=O) groups excluding carboxylic acids is 1. The molecule has 1 atom stereocenters. The van der Waals surface area contributed by atoms with Gasteiger partial charge in [-0.05, 0) is 47.9 Å². The molecule has 0 fully saturated rings. The molecule has 4 nitrogen and oxygen atoms in total. The molecule has 28 heavy (non-hydrogen) atoms. The van der Waals surface area contributed by atoms with Crippen LogP contribution >= 0.6 is 11.3 Å². The van der Waals surface area contributed by atoms with Crippen LogP contribution in [0, 0.1) is 10.9 Å². The highest BCUT2D eigenvalue weighted by Gasteiger charge is 2.34. The number of benzene rings is 1. The van der Waals surface area contributed by atoms with E-state index in [-0.39, 0.29) is 16.9 Å². The number of rotatable bonds is 2. The predicted molar refractivity (Wildman–Crippen MR) is 102 cm³/mol. The Hall–Kier alpha value is -3.06. The molecule has 7 heteroatoms. The van der Waals surface area contributed by atoms with Crippen molar-refractivity contribution in [3.8, 4) is 0 Å². The number of fused-ring (bicyclic) bond motifs is 2. The third kappa shape index (κ3) is 2.79. The molecule has 5 rings (SSSR count). The minimum absolute atomic E-state index is 0.151. The number of aromatic nitrogens is 2. The monoisotopic (exact) mass is 395 g/mol. The van der Waals surface area contributed by atoms with E-state index in [0.29, 0.717) is 18.5 Å². The fraction of sp³-hybridized carbons (Fsp3) is 0.143. The number of carbonyl (C=O) groups is 1. The molecule has 3 aromatic heterocycles. The van der Waals surface area contributed by atoms with Gasteiger partial charge in [0.15, 0.2) is 5.13 Å². The highest BCUT2D eigenvalue weighted by atomic mass is 32.1. The van der Waals surface area contributed by atoms with Gasteiger partial charge in [-0.25, -0.2) is 9.37 Å². The molecule has 0 aliphatic carbocycles. The summed E-state index contributed by atoms with van der Waals surface area (Å²) in [6, 6.07) is 10.6. The average molecular weight is 395 g/mol. The molecule has 1 aliphatic rings.